The summed E-state index contributed by atoms with van der Waals surface area (Å²) in [5.74, 6) is -0.956. The number of amides is 1. The molecule has 1 heterocycles. The van der Waals surface area contributed by atoms with Gasteiger partial charge in [0.2, 0.25) is 5.91 Å². The van der Waals surface area contributed by atoms with Crippen LogP contribution in [-0.2, 0) is 16.0 Å². The van der Waals surface area contributed by atoms with Crippen LogP contribution in [0.4, 0.5) is 4.39 Å². The van der Waals surface area contributed by atoms with Crippen LogP contribution in [0.2, 0.25) is 0 Å². The van der Waals surface area contributed by atoms with E-state index in [0.29, 0.717) is 11.4 Å². The second-order valence-corrected chi connectivity index (χ2v) is 5.51. The first-order valence-corrected chi connectivity index (χ1v) is 6.76. The zero-order valence-electron chi connectivity index (χ0n) is 10.6. The van der Waals surface area contributed by atoms with E-state index in [9.17, 15) is 14.0 Å². The van der Waals surface area contributed by atoms with Crippen molar-refractivity contribution in [3.8, 4) is 6.07 Å². The van der Waals surface area contributed by atoms with Crippen LogP contribution >= 0.6 is 11.8 Å². The first kappa shape index (κ1) is 14.3. The van der Waals surface area contributed by atoms with E-state index in [1.165, 1.54) is 19.1 Å². The summed E-state index contributed by atoms with van der Waals surface area (Å²) in [5.41, 5.74) is 0.784. The molecule has 1 atom stereocenters. The minimum Gasteiger partial charge on any atom is -0.318 e. The van der Waals surface area contributed by atoms with Crippen molar-refractivity contribution in [2.45, 2.75) is 18.6 Å². The summed E-state index contributed by atoms with van der Waals surface area (Å²) >= 11 is 1.16. The van der Waals surface area contributed by atoms with Crippen molar-refractivity contribution in [2.75, 3.05) is 0 Å². The van der Waals surface area contributed by atoms with Gasteiger partial charge in [-0.15, -0.1) is 0 Å². The second-order valence-electron chi connectivity index (χ2n) is 4.30. The highest BCUT2D eigenvalue weighted by atomic mass is 32.2. The molecular weight excluding hydrogens is 279 g/mol. The number of thioether (sulfide) groups is 1. The lowest BCUT2D eigenvalue weighted by Gasteiger charge is -2.05. The van der Waals surface area contributed by atoms with Crippen LogP contribution in [0.15, 0.2) is 34.9 Å². The number of allylic oxidation sites excluding steroid dienone is 1. The maximum Gasteiger partial charge on any atom is 0.238 e. The number of carbonyl (C=O) groups excluding carboxylic acids is 2. The molecule has 0 aliphatic carbocycles. The highest BCUT2D eigenvalue weighted by molar-refractivity contribution is 8.04. The first-order valence-electron chi connectivity index (χ1n) is 5.88. The van der Waals surface area contributed by atoms with E-state index in [2.05, 4.69) is 5.32 Å². The number of hydrogen-bond donors (Lipinski definition) is 1. The van der Waals surface area contributed by atoms with Crippen LogP contribution in [0.25, 0.3) is 0 Å². The summed E-state index contributed by atoms with van der Waals surface area (Å²) in [7, 11) is 0. The molecule has 2 rings (SSSR count). The van der Waals surface area contributed by atoms with Crippen LogP contribution in [0.3, 0.4) is 0 Å². The van der Waals surface area contributed by atoms with Gasteiger partial charge in [-0.1, -0.05) is 23.9 Å². The van der Waals surface area contributed by atoms with Crippen molar-refractivity contribution < 1.29 is 14.0 Å². The minimum atomic E-state index is -0.418. The number of ketones is 1. The summed E-state index contributed by atoms with van der Waals surface area (Å²) in [6.45, 7) is 1.28. The fourth-order valence-electron chi connectivity index (χ4n) is 1.80. The standard InChI is InChI=1S/C14H11FN2O2S/c1-8(18)11(7-16)14-17-13(19)12(20-14)6-9-2-4-10(15)5-3-9/h2-5,12H,6H2,1H3,(H,17,19)/b14-11-. The molecule has 20 heavy (non-hydrogen) atoms. The topological polar surface area (TPSA) is 70.0 Å². The lowest BCUT2D eigenvalue weighted by Crippen LogP contribution is -2.24. The molecule has 1 N–H and O–H groups in total. The van der Waals surface area contributed by atoms with Gasteiger partial charge in [-0.3, -0.25) is 9.59 Å². The molecule has 0 spiro atoms. The van der Waals surface area contributed by atoms with Gasteiger partial charge >= 0.3 is 0 Å². The van der Waals surface area contributed by atoms with Crippen LogP contribution in [-0.4, -0.2) is 16.9 Å². The molecular formula is C14H11FN2O2S. The maximum atomic E-state index is 12.8. The Balaban J connectivity index is 2.16. The molecule has 0 saturated carbocycles. The number of nitriles is 1. The van der Waals surface area contributed by atoms with E-state index in [4.69, 9.17) is 5.26 Å². The summed E-state index contributed by atoms with van der Waals surface area (Å²) in [6, 6.07) is 7.69. The van der Waals surface area contributed by atoms with Gasteiger partial charge in [0.25, 0.3) is 0 Å². The molecule has 102 valence electrons. The summed E-state index contributed by atoms with van der Waals surface area (Å²) in [4.78, 5) is 23.1. The van der Waals surface area contributed by atoms with Crippen molar-refractivity contribution in [2.24, 2.45) is 0 Å². The van der Waals surface area contributed by atoms with Crippen LogP contribution in [0, 0.1) is 17.1 Å². The number of hydrogen-bond acceptors (Lipinski definition) is 4. The second kappa shape index (κ2) is 5.88. The van der Waals surface area contributed by atoms with E-state index in [-0.39, 0.29) is 23.1 Å². The third kappa shape index (κ3) is 3.06. The Hall–Kier alpha value is -2.13. The highest BCUT2D eigenvalue weighted by Crippen LogP contribution is 2.31. The van der Waals surface area contributed by atoms with E-state index in [0.717, 1.165) is 17.3 Å². The molecule has 4 nitrogen and oxygen atoms in total. The van der Waals surface area contributed by atoms with E-state index in [1.807, 2.05) is 0 Å². The highest BCUT2D eigenvalue weighted by Gasteiger charge is 2.32. The van der Waals surface area contributed by atoms with Crippen LogP contribution in [0.5, 0.6) is 0 Å². The van der Waals surface area contributed by atoms with Gasteiger partial charge in [0.15, 0.2) is 5.78 Å². The SMILES string of the molecule is CC(=O)/C(C#N)=C1/NC(=O)C(Cc2ccc(F)cc2)S1. The molecule has 1 amide bonds. The zero-order valence-corrected chi connectivity index (χ0v) is 11.5. The van der Waals surface area contributed by atoms with Gasteiger partial charge in [0.1, 0.15) is 17.5 Å². The van der Waals surface area contributed by atoms with Crippen LogP contribution in [0.1, 0.15) is 12.5 Å². The van der Waals surface area contributed by atoms with Gasteiger partial charge in [0.05, 0.1) is 10.3 Å². The number of carbonyl (C=O) groups is 2. The van der Waals surface area contributed by atoms with Gasteiger partial charge in [-0.25, -0.2) is 4.39 Å². The lowest BCUT2D eigenvalue weighted by atomic mass is 10.1. The van der Waals surface area contributed by atoms with Crippen molar-refractivity contribution in [1.29, 1.82) is 5.26 Å². The smallest absolute Gasteiger partial charge is 0.238 e. The first-order chi connectivity index (χ1) is 9.51. The monoisotopic (exact) mass is 290 g/mol. The van der Waals surface area contributed by atoms with E-state index < -0.39 is 5.25 Å². The fraction of sp³-hybridized carbons (Fsp3) is 0.214. The third-order valence-corrected chi connectivity index (χ3v) is 4.02. The van der Waals surface area contributed by atoms with E-state index >= 15 is 0 Å². The van der Waals surface area contributed by atoms with Crippen molar-refractivity contribution in [3.05, 3.63) is 46.2 Å². The summed E-state index contributed by atoms with van der Waals surface area (Å²) in [6.07, 6.45) is 0.414. The predicted molar refractivity (Wildman–Crippen MR) is 72.9 cm³/mol. The molecule has 1 unspecified atom stereocenters. The Kier molecular flexibility index (Phi) is 4.20. The van der Waals surface area contributed by atoms with Gasteiger partial charge in [-0.2, -0.15) is 5.26 Å². The maximum absolute atomic E-state index is 12.8. The predicted octanol–water partition coefficient (Wildman–Crippen LogP) is 1.92. The molecule has 1 saturated heterocycles. The quantitative estimate of drug-likeness (QED) is 0.682. The lowest BCUT2D eigenvalue weighted by molar-refractivity contribution is -0.119. The third-order valence-electron chi connectivity index (χ3n) is 2.81. The number of nitrogens with zero attached hydrogens (tertiary/aromatic N) is 1. The Morgan fingerprint density at radius 3 is 2.65 bits per heavy atom. The molecule has 1 aliphatic rings. The average Bonchev–Trinajstić information content (AvgIpc) is 2.74. The largest absolute Gasteiger partial charge is 0.318 e. The molecule has 1 aromatic rings. The number of nitrogens with one attached hydrogen (secondary N) is 1. The minimum absolute atomic E-state index is 0.0371. The normalized spacial score (nSPS) is 20.2. The van der Waals surface area contributed by atoms with E-state index in [1.54, 1.807) is 18.2 Å². The molecule has 6 heteroatoms. The number of Topliss-reactive ketones (excluding diaryl/α,β-unsaturated/α-hetero) is 1. The molecule has 0 radical (unpaired) electrons. The summed E-state index contributed by atoms with van der Waals surface area (Å²) in [5, 5.41) is 11.4. The number of benzene rings is 1. The molecule has 1 aliphatic heterocycles. The van der Waals surface area contributed by atoms with Gasteiger partial charge < -0.3 is 5.32 Å². The van der Waals surface area contributed by atoms with Crippen molar-refractivity contribution in [1.82, 2.24) is 5.32 Å². The van der Waals surface area contributed by atoms with Gasteiger partial charge in [-0.05, 0) is 31.0 Å². The Morgan fingerprint density at radius 2 is 2.10 bits per heavy atom. The Labute approximate surface area is 119 Å². The van der Waals surface area contributed by atoms with Crippen molar-refractivity contribution in [3.63, 3.8) is 0 Å². The number of halogens is 1. The summed E-state index contributed by atoms with van der Waals surface area (Å²) < 4.78 is 12.8. The van der Waals surface area contributed by atoms with Gasteiger partial charge in [0, 0.05) is 0 Å². The Bertz CT molecular complexity index is 632. The van der Waals surface area contributed by atoms with Crippen LogP contribution < -0.4 is 5.32 Å². The van der Waals surface area contributed by atoms with Crippen molar-refractivity contribution >= 4 is 23.5 Å². The Morgan fingerprint density at radius 1 is 1.45 bits per heavy atom. The zero-order chi connectivity index (χ0) is 14.7. The fourth-order valence-corrected chi connectivity index (χ4v) is 2.99. The molecule has 0 bridgehead atoms. The molecule has 0 aromatic heterocycles. The molecule has 1 fully saturated rings. The molecule has 1 aromatic carbocycles. The average molecular weight is 290 g/mol. The number of rotatable bonds is 3.